The van der Waals surface area contributed by atoms with E-state index in [1.165, 1.54) is 14.2 Å². The maximum absolute atomic E-state index is 13.0. The molecule has 3 aromatic rings. The zero-order valence-corrected chi connectivity index (χ0v) is 17.1. The van der Waals surface area contributed by atoms with Crippen molar-refractivity contribution in [3.63, 3.8) is 0 Å². The molecule has 158 valence electrons. The van der Waals surface area contributed by atoms with Gasteiger partial charge in [0.05, 0.1) is 14.2 Å². The molecule has 0 saturated carbocycles. The number of hydrogen-bond acceptors (Lipinski definition) is 6. The first-order chi connectivity index (χ1) is 15.1. The van der Waals surface area contributed by atoms with Crippen LogP contribution in [0.4, 0.5) is 5.69 Å². The van der Waals surface area contributed by atoms with E-state index in [-0.39, 0.29) is 0 Å². The maximum atomic E-state index is 13.0. The van der Waals surface area contributed by atoms with Crippen molar-refractivity contribution in [1.82, 2.24) is 0 Å². The Balaban J connectivity index is 1.46. The zero-order chi connectivity index (χ0) is 21.8. The molecule has 31 heavy (non-hydrogen) atoms. The van der Waals surface area contributed by atoms with E-state index in [1.54, 1.807) is 30.3 Å². The summed E-state index contributed by atoms with van der Waals surface area (Å²) in [7, 11) is 3.04. The Labute approximate surface area is 179 Å². The highest BCUT2D eigenvalue weighted by Gasteiger charge is 2.33. The molecule has 0 aromatic heterocycles. The van der Waals surface area contributed by atoms with Crippen LogP contribution >= 0.6 is 0 Å². The Morgan fingerprint density at radius 3 is 2.10 bits per heavy atom. The van der Waals surface area contributed by atoms with Crippen LogP contribution in [0.5, 0.6) is 23.0 Å². The van der Waals surface area contributed by atoms with Crippen LogP contribution in [0.3, 0.4) is 0 Å². The predicted octanol–water partition coefficient (Wildman–Crippen LogP) is 4.12. The highest BCUT2D eigenvalue weighted by Crippen LogP contribution is 2.44. The molecular formula is C24H21NO6. The van der Waals surface area contributed by atoms with Gasteiger partial charge in [-0.2, -0.15) is 0 Å². The van der Waals surface area contributed by atoms with Crippen molar-refractivity contribution in [1.29, 1.82) is 0 Å². The maximum Gasteiger partial charge on any atom is 0.318 e. The van der Waals surface area contributed by atoms with E-state index >= 15 is 0 Å². The molecule has 0 unspecified atom stereocenters. The Morgan fingerprint density at radius 1 is 0.871 bits per heavy atom. The first-order valence-corrected chi connectivity index (χ1v) is 9.65. The van der Waals surface area contributed by atoms with Crippen molar-refractivity contribution in [2.45, 2.75) is 5.92 Å². The van der Waals surface area contributed by atoms with Crippen molar-refractivity contribution in [3.8, 4) is 23.0 Å². The summed E-state index contributed by atoms with van der Waals surface area (Å²) in [6.45, 7) is -0.422. The third kappa shape index (κ3) is 4.16. The third-order valence-corrected chi connectivity index (χ3v) is 4.93. The lowest BCUT2D eigenvalue weighted by Crippen LogP contribution is -2.26. The Kier molecular flexibility index (Phi) is 5.75. The van der Waals surface area contributed by atoms with Crippen molar-refractivity contribution in [3.05, 3.63) is 77.9 Å². The fraction of sp³-hybridized carbons (Fsp3) is 0.167. The summed E-state index contributed by atoms with van der Waals surface area (Å²) in [5.41, 5.74) is 1.90. The molecule has 1 N–H and O–H groups in total. The second-order valence-corrected chi connectivity index (χ2v) is 6.84. The van der Waals surface area contributed by atoms with Crippen molar-refractivity contribution in [2.75, 3.05) is 26.1 Å². The van der Waals surface area contributed by atoms with Crippen LogP contribution in [-0.2, 0) is 14.3 Å². The lowest BCUT2D eigenvalue weighted by Gasteiger charge is -2.26. The van der Waals surface area contributed by atoms with E-state index in [0.29, 0.717) is 39.8 Å². The summed E-state index contributed by atoms with van der Waals surface area (Å²) in [6, 6.07) is 19.6. The highest BCUT2D eigenvalue weighted by atomic mass is 16.5. The Morgan fingerprint density at radius 2 is 1.48 bits per heavy atom. The summed E-state index contributed by atoms with van der Waals surface area (Å²) in [4.78, 5) is 25.3. The molecular weight excluding hydrogens is 398 g/mol. The van der Waals surface area contributed by atoms with Crippen LogP contribution in [0.1, 0.15) is 17.0 Å². The van der Waals surface area contributed by atoms with Gasteiger partial charge in [0.25, 0.3) is 5.91 Å². The molecule has 0 atom stereocenters. The van der Waals surface area contributed by atoms with Crippen LogP contribution < -0.4 is 19.5 Å². The monoisotopic (exact) mass is 419 g/mol. The lowest BCUT2D eigenvalue weighted by atomic mass is 9.88. The van der Waals surface area contributed by atoms with E-state index in [1.807, 2.05) is 36.4 Å². The molecule has 0 saturated heterocycles. The number of amides is 1. The minimum atomic E-state index is -0.671. The van der Waals surface area contributed by atoms with Crippen LogP contribution in [0, 0.1) is 0 Å². The van der Waals surface area contributed by atoms with Gasteiger partial charge in [0, 0.05) is 22.9 Å². The summed E-state index contributed by atoms with van der Waals surface area (Å²) in [5.74, 6) is 0.558. The topological polar surface area (TPSA) is 83.1 Å². The quantitative estimate of drug-likeness (QED) is 0.605. The number of anilines is 1. The highest BCUT2D eigenvalue weighted by molar-refractivity contribution is 5.94. The van der Waals surface area contributed by atoms with Crippen LogP contribution in [0.2, 0.25) is 0 Å². The van der Waals surface area contributed by atoms with Gasteiger partial charge in [-0.1, -0.05) is 36.4 Å². The van der Waals surface area contributed by atoms with E-state index in [0.717, 1.165) is 0 Å². The van der Waals surface area contributed by atoms with Gasteiger partial charge in [-0.15, -0.1) is 0 Å². The van der Waals surface area contributed by atoms with Gasteiger partial charge < -0.3 is 24.3 Å². The number of rotatable bonds is 6. The number of nitrogens with one attached hydrogen (secondary N) is 1. The van der Waals surface area contributed by atoms with Crippen LogP contribution in [-0.4, -0.2) is 32.7 Å². The van der Waals surface area contributed by atoms with E-state index in [4.69, 9.17) is 18.9 Å². The number of carbonyl (C=O) groups excluding carboxylic acids is 2. The molecule has 0 spiro atoms. The summed E-state index contributed by atoms with van der Waals surface area (Å²) >= 11 is 0. The molecule has 0 bridgehead atoms. The van der Waals surface area contributed by atoms with Gasteiger partial charge in [0.1, 0.15) is 17.4 Å². The molecule has 4 rings (SSSR count). The van der Waals surface area contributed by atoms with Gasteiger partial charge in [-0.3, -0.25) is 9.59 Å². The molecule has 1 aliphatic heterocycles. The number of methoxy groups -OCH3 is 2. The first kappa shape index (κ1) is 20.3. The van der Waals surface area contributed by atoms with Gasteiger partial charge >= 0.3 is 5.97 Å². The second-order valence-electron chi connectivity index (χ2n) is 6.84. The zero-order valence-electron chi connectivity index (χ0n) is 17.1. The third-order valence-electron chi connectivity index (χ3n) is 4.93. The smallest absolute Gasteiger partial charge is 0.318 e. The van der Waals surface area contributed by atoms with Crippen molar-refractivity contribution in [2.24, 2.45) is 0 Å². The van der Waals surface area contributed by atoms with Gasteiger partial charge in [-0.25, -0.2) is 0 Å². The summed E-state index contributed by atoms with van der Waals surface area (Å²) in [6.07, 6.45) is 0. The fourth-order valence-electron chi connectivity index (χ4n) is 3.49. The summed E-state index contributed by atoms with van der Waals surface area (Å²) < 4.78 is 21.7. The molecule has 0 aliphatic carbocycles. The number of esters is 1. The molecule has 0 radical (unpaired) electrons. The fourth-order valence-corrected chi connectivity index (χ4v) is 3.49. The molecule has 3 aromatic carbocycles. The van der Waals surface area contributed by atoms with E-state index < -0.39 is 24.4 Å². The second kappa shape index (κ2) is 8.79. The minimum absolute atomic E-state index is 0.422. The van der Waals surface area contributed by atoms with Gasteiger partial charge in [0.2, 0.25) is 0 Å². The van der Waals surface area contributed by atoms with Crippen molar-refractivity contribution >= 4 is 17.6 Å². The van der Waals surface area contributed by atoms with Crippen LogP contribution in [0.25, 0.3) is 0 Å². The minimum Gasteiger partial charge on any atom is -0.493 e. The summed E-state index contributed by atoms with van der Waals surface area (Å²) in [5, 5.41) is 2.69. The van der Waals surface area contributed by atoms with Crippen molar-refractivity contribution < 1.29 is 28.5 Å². The number of fused-ring (bicyclic) bond motifs is 2. The Bertz CT molecular complexity index is 1080. The lowest BCUT2D eigenvalue weighted by molar-refractivity contribution is -0.148. The predicted molar refractivity (Wildman–Crippen MR) is 114 cm³/mol. The number of benzene rings is 3. The molecule has 1 amide bonds. The number of hydrogen-bond donors (Lipinski definition) is 1. The Hall–Kier alpha value is -4.00. The van der Waals surface area contributed by atoms with Gasteiger partial charge in [0.15, 0.2) is 18.1 Å². The van der Waals surface area contributed by atoms with E-state index in [9.17, 15) is 9.59 Å². The first-order valence-electron chi connectivity index (χ1n) is 9.65. The number of para-hydroxylation sites is 2. The van der Waals surface area contributed by atoms with E-state index in [2.05, 4.69) is 5.32 Å². The average Bonchev–Trinajstić information content (AvgIpc) is 2.80. The van der Waals surface area contributed by atoms with Gasteiger partial charge in [-0.05, 0) is 24.3 Å². The molecule has 1 heterocycles. The molecule has 1 aliphatic rings. The largest absolute Gasteiger partial charge is 0.493 e. The molecule has 7 heteroatoms. The number of ether oxygens (including phenoxy) is 4. The number of carbonyl (C=O) groups is 2. The normalized spacial score (nSPS) is 12.1. The SMILES string of the molecule is COc1ccc(NC(=O)COC(=O)C2c3ccccc3Oc3ccccc32)cc1OC. The molecule has 0 fully saturated rings. The standard InChI is InChI=1S/C24H21NO6/c1-28-20-12-11-15(13-21(20)29-2)25-22(26)14-30-24(27)23-16-7-3-5-9-18(16)31-19-10-6-4-8-17(19)23/h3-13,23H,14H2,1-2H3,(H,25,26). The van der Waals surface area contributed by atoms with Crippen LogP contribution in [0.15, 0.2) is 66.7 Å². The molecule has 7 nitrogen and oxygen atoms in total. The average molecular weight is 419 g/mol.